The summed E-state index contributed by atoms with van der Waals surface area (Å²) in [4.78, 5) is 11.8. The van der Waals surface area contributed by atoms with Gasteiger partial charge in [-0.05, 0) is 43.5 Å². The number of hydrogen-bond donors (Lipinski definition) is 1. The predicted octanol–water partition coefficient (Wildman–Crippen LogP) is 3.27. The maximum atomic E-state index is 11.8. The molecule has 1 aliphatic rings. The maximum absolute atomic E-state index is 11.8. The predicted molar refractivity (Wildman–Crippen MR) is 71.1 cm³/mol. The number of aryl methyl sites for hydroxylation is 1. The number of halogens is 1. The van der Waals surface area contributed by atoms with E-state index in [0.29, 0.717) is 6.42 Å². The van der Waals surface area contributed by atoms with Crippen LogP contribution in [0.15, 0.2) is 22.7 Å². The number of anilines is 1. The van der Waals surface area contributed by atoms with Crippen LogP contribution in [0.2, 0.25) is 0 Å². The largest absolute Gasteiger partial charge is 0.378 e. The van der Waals surface area contributed by atoms with Gasteiger partial charge >= 0.3 is 0 Å². The van der Waals surface area contributed by atoms with Crippen molar-refractivity contribution in [3.8, 4) is 0 Å². The molecule has 4 heteroatoms. The summed E-state index contributed by atoms with van der Waals surface area (Å²) in [5, 5.41) is 2.90. The van der Waals surface area contributed by atoms with E-state index in [-0.39, 0.29) is 12.0 Å². The molecule has 1 aromatic rings. The van der Waals surface area contributed by atoms with Gasteiger partial charge in [0.1, 0.15) is 0 Å². The zero-order valence-corrected chi connectivity index (χ0v) is 11.4. The molecule has 0 spiro atoms. The quantitative estimate of drug-likeness (QED) is 0.930. The van der Waals surface area contributed by atoms with E-state index in [9.17, 15) is 4.79 Å². The lowest BCUT2D eigenvalue weighted by Crippen LogP contribution is -2.19. The fraction of sp³-hybridized carbons (Fsp3) is 0.462. The van der Waals surface area contributed by atoms with E-state index in [0.717, 1.165) is 35.2 Å². The van der Waals surface area contributed by atoms with Crippen LogP contribution >= 0.6 is 15.9 Å². The Labute approximate surface area is 110 Å². The molecule has 1 fully saturated rings. The highest BCUT2D eigenvalue weighted by Gasteiger charge is 2.19. The molecule has 1 heterocycles. The first-order valence-electron chi connectivity index (χ1n) is 5.83. The van der Waals surface area contributed by atoms with Gasteiger partial charge in [-0.1, -0.05) is 15.9 Å². The smallest absolute Gasteiger partial charge is 0.226 e. The molecule has 1 N–H and O–H groups in total. The van der Waals surface area contributed by atoms with Crippen LogP contribution in [-0.2, 0) is 9.53 Å². The molecule has 1 aliphatic heterocycles. The topological polar surface area (TPSA) is 38.3 Å². The van der Waals surface area contributed by atoms with Gasteiger partial charge in [0, 0.05) is 16.8 Å². The lowest BCUT2D eigenvalue weighted by molar-refractivity contribution is -0.118. The van der Waals surface area contributed by atoms with Crippen LogP contribution in [0.4, 0.5) is 5.69 Å². The molecule has 1 atom stereocenters. The van der Waals surface area contributed by atoms with Gasteiger partial charge in [0.15, 0.2) is 0 Å². The standard InChI is InChI=1S/C13H16BrNO2/c1-9-7-10(4-5-12(9)14)15-13(16)8-11-3-2-6-17-11/h4-5,7,11H,2-3,6,8H2,1H3,(H,15,16). The first-order chi connectivity index (χ1) is 8.15. The normalized spacial score (nSPS) is 19.3. The lowest BCUT2D eigenvalue weighted by Gasteiger charge is -2.10. The second kappa shape index (κ2) is 5.65. The first kappa shape index (κ1) is 12.6. The Balaban J connectivity index is 1.90. The highest BCUT2D eigenvalue weighted by Crippen LogP contribution is 2.21. The number of benzene rings is 1. The van der Waals surface area contributed by atoms with Crippen molar-refractivity contribution in [2.75, 3.05) is 11.9 Å². The molecule has 1 amide bonds. The van der Waals surface area contributed by atoms with E-state index in [1.807, 2.05) is 25.1 Å². The third-order valence-corrected chi connectivity index (χ3v) is 3.77. The summed E-state index contributed by atoms with van der Waals surface area (Å²) in [7, 11) is 0. The van der Waals surface area contributed by atoms with Crippen molar-refractivity contribution in [3.63, 3.8) is 0 Å². The molecule has 1 aromatic carbocycles. The second-order valence-corrected chi connectivity index (χ2v) is 5.21. The Morgan fingerprint density at radius 1 is 1.59 bits per heavy atom. The van der Waals surface area contributed by atoms with E-state index in [4.69, 9.17) is 4.74 Å². The fourth-order valence-electron chi connectivity index (χ4n) is 1.95. The molecule has 3 nitrogen and oxygen atoms in total. The molecule has 17 heavy (non-hydrogen) atoms. The molecule has 0 saturated carbocycles. The van der Waals surface area contributed by atoms with Crippen molar-refractivity contribution in [2.24, 2.45) is 0 Å². The van der Waals surface area contributed by atoms with Gasteiger partial charge in [0.05, 0.1) is 12.5 Å². The van der Waals surface area contributed by atoms with Crippen molar-refractivity contribution in [2.45, 2.75) is 32.3 Å². The van der Waals surface area contributed by atoms with Crippen LogP contribution in [0.3, 0.4) is 0 Å². The summed E-state index contributed by atoms with van der Waals surface area (Å²) in [6.45, 7) is 2.79. The highest BCUT2D eigenvalue weighted by molar-refractivity contribution is 9.10. The van der Waals surface area contributed by atoms with E-state index in [2.05, 4.69) is 21.2 Å². The van der Waals surface area contributed by atoms with Crippen LogP contribution in [0.5, 0.6) is 0 Å². The Morgan fingerprint density at radius 3 is 3.06 bits per heavy atom. The Kier molecular flexibility index (Phi) is 4.18. The van der Waals surface area contributed by atoms with Gasteiger partial charge in [-0.3, -0.25) is 4.79 Å². The number of carbonyl (C=O) groups is 1. The molecular weight excluding hydrogens is 282 g/mol. The summed E-state index contributed by atoms with van der Waals surface area (Å²) in [5.41, 5.74) is 1.95. The fourth-order valence-corrected chi connectivity index (χ4v) is 2.19. The van der Waals surface area contributed by atoms with Gasteiger partial charge in [-0.15, -0.1) is 0 Å². The monoisotopic (exact) mass is 297 g/mol. The molecular formula is C13H16BrNO2. The molecule has 1 saturated heterocycles. The highest BCUT2D eigenvalue weighted by atomic mass is 79.9. The van der Waals surface area contributed by atoms with Crippen LogP contribution in [-0.4, -0.2) is 18.6 Å². The Hall–Kier alpha value is -0.870. The van der Waals surface area contributed by atoms with Crippen molar-refractivity contribution in [1.82, 2.24) is 0 Å². The Bertz CT molecular complexity index is 414. The molecule has 1 unspecified atom stereocenters. The molecule has 0 bridgehead atoms. The average Bonchev–Trinajstić information content (AvgIpc) is 2.76. The van der Waals surface area contributed by atoms with Crippen molar-refractivity contribution in [1.29, 1.82) is 0 Å². The van der Waals surface area contributed by atoms with Gasteiger partial charge in [-0.2, -0.15) is 0 Å². The van der Waals surface area contributed by atoms with Crippen molar-refractivity contribution < 1.29 is 9.53 Å². The van der Waals surface area contributed by atoms with Crippen LogP contribution in [0, 0.1) is 6.92 Å². The number of carbonyl (C=O) groups excluding carboxylic acids is 1. The molecule has 2 rings (SSSR count). The van der Waals surface area contributed by atoms with Crippen molar-refractivity contribution >= 4 is 27.5 Å². The van der Waals surface area contributed by atoms with Gasteiger partial charge in [0.2, 0.25) is 5.91 Å². The van der Waals surface area contributed by atoms with Crippen LogP contribution in [0.1, 0.15) is 24.8 Å². The number of ether oxygens (including phenoxy) is 1. The summed E-state index contributed by atoms with van der Waals surface area (Å²) >= 11 is 3.43. The summed E-state index contributed by atoms with van der Waals surface area (Å²) in [5.74, 6) is 0.0265. The summed E-state index contributed by atoms with van der Waals surface area (Å²) < 4.78 is 6.49. The minimum absolute atomic E-state index is 0.0265. The van der Waals surface area contributed by atoms with Gasteiger partial charge in [0.25, 0.3) is 0 Å². The van der Waals surface area contributed by atoms with Gasteiger partial charge in [-0.25, -0.2) is 0 Å². The number of amides is 1. The zero-order valence-electron chi connectivity index (χ0n) is 9.83. The summed E-state index contributed by atoms with van der Waals surface area (Å²) in [6.07, 6.45) is 2.61. The van der Waals surface area contributed by atoms with E-state index < -0.39 is 0 Å². The van der Waals surface area contributed by atoms with E-state index >= 15 is 0 Å². The van der Waals surface area contributed by atoms with Crippen LogP contribution in [0.25, 0.3) is 0 Å². The molecule has 0 aromatic heterocycles. The van der Waals surface area contributed by atoms with E-state index in [1.165, 1.54) is 0 Å². The maximum Gasteiger partial charge on any atom is 0.226 e. The molecule has 92 valence electrons. The van der Waals surface area contributed by atoms with Crippen LogP contribution < -0.4 is 5.32 Å². The lowest BCUT2D eigenvalue weighted by atomic mass is 10.1. The molecule has 0 radical (unpaired) electrons. The first-order valence-corrected chi connectivity index (χ1v) is 6.62. The SMILES string of the molecule is Cc1cc(NC(=O)CC2CCCO2)ccc1Br. The number of nitrogens with one attached hydrogen (secondary N) is 1. The molecule has 0 aliphatic carbocycles. The third kappa shape index (κ3) is 3.54. The number of hydrogen-bond acceptors (Lipinski definition) is 2. The minimum atomic E-state index is 0.0265. The minimum Gasteiger partial charge on any atom is -0.378 e. The zero-order chi connectivity index (χ0) is 12.3. The second-order valence-electron chi connectivity index (χ2n) is 4.35. The summed E-state index contributed by atoms with van der Waals surface area (Å²) in [6, 6.07) is 5.79. The van der Waals surface area contributed by atoms with E-state index in [1.54, 1.807) is 0 Å². The van der Waals surface area contributed by atoms with Crippen molar-refractivity contribution in [3.05, 3.63) is 28.2 Å². The number of rotatable bonds is 3. The van der Waals surface area contributed by atoms with Gasteiger partial charge < -0.3 is 10.1 Å². The average molecular weight is 298 g/mol. The third-order valence-electron chi connectivity index (χ3n) is 2.88. The Morgan fingerprint density at radius 2 is 2.41 bits per heavy atom.